The smallest absolute Gasteiger partial charge is 0.237 e. The summed E-state index contributed by atoms with van der Waals surface area (Å²) < 4.78 is 0. The van der Waals surface area contributed by atoms with Crippen LogP contribution in [0.4, 0.5) is 0 Å². The highest BCUT2D eigenvalue weighted by Crippen LogP contribution is 2.33. The molecule has 2 aliphatic carbocycles. The van der Waals surface area contributed by atoms with Gasteiger partial charge in [-0.3, -0.25) is 4.79 Å². The van der Waals surface area contributed by atoms with Crippen molar-refractivity contribution < 1.29 is 4.79 Å². The number of piperidine rings is 1. The largest absolute Gasteiger partial charge is 0.352 e. The van der Waals surface area contributed by atoms with Crippen molar-refractivity contribution in [2.24, 2.45) is 11.8 Å². The molecule has 0 radical (unpaired) electrons. The van der Waals surface area contributed by atoms with Gasteiger partial charge < -0.3 is 10.6 Å². The van der Waals surface area contributed by atoms with Crippen molar-refractivity contribution in [3.8, 4) is 0 Å². The normalized spacial score (nSPS) is 44.9. The van der Waals surface area contributed by atoms with E-state index in [9.17, 15) is 4.79 Å². The van der Waals surface area contributed by atoms with E-state index in [0.717, 1.165) is 12.3 Å². The first kappa shape index (κ1) is 11.5. The van der Waals surface area contributed by atoms with Crippen LogP contribution in [-0.2, 0) is 4.79 Å². The van der Waals surface area contributed by atoms with Gasteiger partial charge in [-0.05, 0) is 43.9 Å². The molecule has 17 heavy (non-hydrogen) atoms. The minimum absolute atomic E-state index is 0.0853. The molecule has 3 heteroatoms. The molecular formula is C14H24N2O. The number of amides is 1. The fourth-order valence-electron chi connectivity index (χ4n) is 3.51. The highest BCUT2D eigenvalue weighted by Gasteiger charge is 2.38. The van der Waals surface area contributed by atoms with Gasteiger partial charge in [-0.15, -0.1) is 0 Å². The van der Waals surface area contributed by atoms with Crippen LogP contribution in [0.5, 0.6) is 0 Å². The van der Waals surface area contributed by atoms with E-state index >= 15 is 0 Å². The topological polar surface area (TPSA) is 41.1 Å². The second kappa shape index (κ2) is 4.60. The Morgan fingerprint density at radius 2 is 1.94 bits per heavy atom. The van der Waals surface area contributed by atoms with Crippen LogP contribution in [0.3, 0.4) is 0 Å². The van der Waals surface area contributed by atoms with Crippen molar-refractivity contribution in [2.75, 3.05) is 0 Å². The molecule has 96 valence electrons. The van der Waals surface area contributed by atoms with E-state index in [1.165, 1.54) is 38.5 Å². The van der Waals surface area contributed by atoms with Gasteiger partial charge in [0.25, 0.3) is 0 Å². The third-order valence-electron chi connectivity index (χ3n) is 4.90. The molecule has 0 aromatic heterocycles. The molecule has 1 amide bonds. The minimum Gasteiger partial charge on any atom is -0.352 e. The van der Waals surface area contributed by atoms with E-state index < -0.39 is 0 Å². The quantitative estimate of drug-likeness (QED) is 0.768. The zero-order valence-electron chi connectivity index (χ0n) is 10.7. The maximum Gasteiger partial charge on any atom is 0.237 e. The van der Waals surface area contributed by atoms with Gasteiger partial charge in [-0.25, -0.2) is 0 Å². The van der Waals surface area contributed by atoms with Gasteiger partial charge in [0.15, 0.2) is 0 Å². The lowest BCUT2D eigenvalue weighted by Crippen LogP contribution is -2.55. The molecule has 0 aromatic carbocycles. The summed E-state index contributed by atoms with van der Waals surface area (Å²) in [6, 6.07) is 1.17. The van der Waals surface area contributed by atoms with Crippen LogP contribution in [-0.4, -0.2) is 24.0 Å². The first-order valence-corrected chi connectivity index (χ1v) is 7.30. The predicted octanol–water partition coefficient (Wildman–Crippen LogP) is 1.82. The van der Waals surface area contributed by atoms with Crippen LogP contribution in [0.25, 0.3) is 0 Å². The fraction of sp³-hybridized carbons (Fsp3) is 0.929. The van der Waals surface area contributed by atoms with Gasteiger partial charge >= 0.3 is 0 Å². The van der Waals surface area contributed by atoms with Gasteiger partial charge in [0.05, 0.1) is 6.04 Å². The number of nitrogens with one attached hydrogen (secondary N) is 2. The third-order valence-corrected chi connectivity index (χ3v) is 4.90. The van der Waals surface area contributed by atoms with E-state index in [1.54, 1.807) is 0 Å². The summed E-state index contributed by atoms with van der Waals surface area (Å²) >= 11 is 0. The average molecular weight is 236 g/mol. The molecule has 1 saturated heterocycles. The van der Waals surface area contributed by atoms with Crippen molar-refractivity contribution in [3.63, 3.8) is 0 Å². The van der Waals surface area contributed by atoms with E-state index in [2.05, 4.69) is 17.6 Å². The summed E-state index contributed by atoms with van der Waals surface area (Å²) in [5, 5.41) is 6.76. The lowest BCUT2D eigenvalue weighted by atomic mass is 9.77. The Morgan fingerprint density at radius 3 is 2.71 bits per heavy atom. The molecule has 0 spiro atoms. The van der Waals surface area contributed by atoms with Gasteiger partial charge in [-0.2, -0.15) is 0 Å². The number of hydrogen-bond donors (Lipinski definition) is 2. The highest BCUT2D eigenvalue weighted by molar-refractivity contribution is 5.82. The maximum atomic E-state index is 12.1. The third kappa shape index (κ3) is 2.49. The zero-order valence-corrected chi connectivity index (χ0v) is 10.7. The second-order valence-corrected chi connectivity index (χ2v) is 6.28. The van der Waals surface area contributed by atoms with Crippen LogP contribution in [0.15, 0.2) is 0 Å². The average Bonchev–Trinajstić information content (AvgIpc) is 3.04. The van der Waals surface area contributed by atoms with Crippen LogP contribution < -0.4 is 10.6 Å². The summed E-state index contributed by atoms with van der Waals surface area (Å²) in [7, 11) is 0. The summed E-state index contributed by atoms with van der Waals surface area (Å²) in [5.74, 6) is 1.79. The van der Waals surface area contributed by atoms with E-state index in [4.69, 9.17) is 0 Å². The Kier molecular flexibility index (Phi) is 3.12. The van der Waals surface area contributed by atoms with Crippen LogP contribution in [0.1, 0.15) is 51.9 Å². The van der Waals surface area contributed by atoms with Crippen LogP contribution in [0, 0.1) is 11.8 Å². The Bertz CT molecular complexity index is 305. The molecule has 3 nitrogen and oxygen atoms in total. The minimum atomic E-state index is 0.0853. The van der Waals surface area contributed by atoms with Crippen LogP contribution in [0.2, 0.25) is 0 Å². The second-order valence-electron chi connectivity index (χ2n) is 6.28. The van der Waals surface area contributed by atoms with Crippen LogP contribution >= 0.6 is 0 Å². The van der Waals surface area contributed by atoms with Crippen molar-refractivity contribution in [1.29, 1.82) is 0 Å². The monoisotopic (exact) mass is 236 g/mol. The van der Waals surface area contributed by atoms with Crippen molar-refractivity contribution >= 4 is 5.91 Å². The Hall–Kier alpha value is -0.570. The lowest BCUT2D eigenvalue weighted by Gasteiger charge is -2.39. The molecule has 1 heterocycles. The van der Waals surface area contributed by atoms with Gasteiger partial charge in [0, 0.05) is 12.1 Å². The molecule has 3 aliphatic rings. The maximum absolute atomic E-state index is 12.1. The molecule has 0 aromatic rings. The fourth-order valence-corrected chi connectivity index (χ4v) is 3.51. The molecule has 0 bridgehead atoms. The summed E-state index contributed by atoms with van der Waals surface area (Å²) in [6.45, 7) is 2.20. The van der Waals surface area contributed by atoms with Crippen molar-refractivity contribution in [1.82, 2.24) is 10.6 Å². The Balaban J connectivity index is 1.52. The molecule has 2 saturated carbocycles. The summed E-state index contributed by atoms with van der Waals surface area (Å²) in [5.41, 5.74) is 0. The van der Waals surface area contributed by atoms with E-state index in [1.807, 2.05) is 0 Å². The number of rotatable bonds is 2. The molecule has 3 rings (SSSR count). The standard InChI is InChI=1S/C14H24N2O/c1-9-8-13(9)16-14(17)12-7-6-10-4-2-3-5-11(10)15-12/h9-13,15H,2-8H2,1H3,(H,16,17). The first-order valence-electron chi connectivity index (χ1n) is 7.30. The van der Waals surface area contributed by atoms with Crippen molar-refractivity contribution in [2.45, 2.75) is 70.0 Å². The van der Waals surface area contributed by atoms with Gasteiger partial charge in [0.1, 0.15) is 0 Å². The molecule has 5 atom stereocenters. The number of fused-ring (bicyclic) bond motifs is 1. The predicted molar refractivity (Wildman–Crippen MR) is 67.6 cm³/mol. The van der Waals surface area contributed by atoms with Crippen molar-refractivity contribution in [3.05, 3.63) is 0 Å². The summed E-state index contributed by atoms with van der Waals surface area (Å²) in [6.07, 6.45) is 8.82. The first-order chi connectivity index (χ1) is 8.24. The Labute approximate surface area is 104 Å². The van der Waals surface area contributed by atoms with E-state index in [-0.39, 0.29) is 11.9 Å². The molecule has 1 aliphatic heterocycles. The van der Waals surface area contributed by atoms with Gasteiger partial charge in [0.2, 0.25) is 5.91 Å². The summed E-state index contributed by atoms with van der Waals surface area (Å²) in [4.78, 5) is 12.1. The lowest BCUT2D eigenvalue weighted by molar-refractivity contribution is -0.124. The zero-order chi connectivity index (χ0) is 11.8. The van der Waals surface area contributed by atoms with E-state index in [0.29, 0.717) is 18.0 Å². The molecule has 2 N–H and O–H groups in total. The highest BCUT2D eigenvalue weighted by atomic mass is 16.2. The molecule has 3 fully saturated rings. The number of carbonyl (C=O) groups excluding carboxylic acids is 1. The SMILES string of the molecule is CC1CC1NC(=O)C1CCC2CCCCC2N1. The Morgan fingerprint density at radius 1 is 1.18 bits per heavy atom. The van der Waals surface area contributed by atoms with Gasteiger partial charge in [-0.1, -0.05) is 19.8 Å². The number of hydrogen-bond acceptors (Lipinski definition) is 2. The molecule has 5 unspecified atom stereocenters. The number of carbonyl (C=O) groups is 1. The molecular weight excluding hydrogens is 212 g/mol.